The molecule has 0 bridgehead atoms. The summed E-state index contributed by atoms with van der Waals surface area (Å²) in [5, 5.41) is 15.2. The number of anilines is 3. The molecule has 4 rings (SSSR count). The number of hydrogen-bond acceptors (Lipinski definition) is 6. The number of sulfonamides is 1. The largest absolute Gasteiger partial charge is 0.339 e. The van der Waals surface area contributed by atoms with Crippen LogP contribution in [0.5, 0.6) is 0 Å². The maximum atomic E-state index is 13.8. The molecule has 2 heterocycles. The summed E-state index contributed by atoms with van der Waals surface area (Å²) in [5.41, 5.74) is 0.750. The van der Waals surface area contributed by atoms with Crippen molar-refractivity contribution >= 4 is 27.2 Å². The molecule has 11 heteroatoms. The van der Waals surface area contributed by atoms with Crippen molar-refractivity contribution in [1.82, 2.24) is 20.0 Å². The minimum absolute atomic E-state index is 0.142. The first-order valence-corrected chi connectivity index (χ1v) is 10.1. The highest BCUT2D eigenvalue weighted by Crippen LogP contribution is 2.23. The molecule has 0 aliphatic heterocycles. The fourth-order valence-corrected chi connectivity index (χ4v) is 3.83. The Labute approximate surface area is 170 Å². The van der Waals surface area contributed by atoms with Crippen molar-refractivity contribution in [2.24, 2.45) is 0 Å². The molecule has 0 aliphatic rings. The summed E-state index contributed by atoms with van der Waals surface area (Å²) >= 11 is 0. The van der Waals surface area contributed by atoms with Crippen LogP contribution in [0.25, 0.3) is 5.82 Å². The van der Waals surface area contributed by atoms with Crippen molar-refractivity contribution in [2.45, 2.75) is 4.90 Å². The van der Waals surface area contributed by atoms with Gasteiger partial charge in [0.25, 0.3) is 10.0 Å². The van der Waals surface area contributed by atoms with Crippen LogP contribution in [-0.4, -0.2) is 28.4 Å². The van der Waals surface area contributed by atoms with Gasteiger partial charge in [-0.05, 0) is 54.6 Å². The number of rotatable bonds is 6. The standard InChI is InChI=1S/C19H14F2N6O2S/c20-15-3-1-4-16(21)19(15)30(28,29)26-14-7-5-13(6-8-14)23-17-9-10-18(25-24-17)27-12-2-11-22-27/h1-12,26H,(H,23,24). The predicted molar refractivity (Wildman–Crippen MR) is 106 cm³/mol. The quantitative estimate of drug-likeness (QED) is 0.488. The van der Waals surface area contributed by atoms with Gasteiger partial charge in [-0.25, -0.2) is 21.9 Å². The highest BCUT2D eigenvalue weighted by molar-refractivity contribution is 7.92. The molecule has 152 valence electrons. The van der Waals surface area contributed by atoms with Crippen LogP contribution in [0.1, 0.15) is 0 Å². The summed E-state index contributed by atoms with van der Waals surface area (Å²) in [7, 11) is -4.42. The highest BCUT2D eigenvalue weighted by Gasteiger charge is 2.23. The SMILES string of the molecule is O=S(=O)(Nc1ccc(Nc2ccc(-n3cccn3)nn2)cc1)c1c(F)cccc1F. The zero-order valence-corrected chi connectivity index (χ0v) is 16.0. The van der Waals surface area contributed by atoms with Gasteiger partial charge in [-0.15, -0.1) is 10.2 Å². The first-order chi connectivity index (χ1) is 14.4. The van der Waals surface area contributed by atoms with E-state index in [9.17, 15) is 17.2 Å². The maximum Gasteiger partial charge on any atom is 0.267 e. The van der Waals surface area contributed by atoms with Gasteiger partial charge in [-0.3, -0.25) is 4.72 Å². The Balaban J connectivity index is 1.47. The van der Waals surface area contributed by atoms with E-state index >= 15 is 0 Å². The molecule has 0 radical (unpaired) electrons. The average Bonchev–Trinajstić information content (AvgIpc) is 3.24. The summed E-state index contributed by atoms with van der Waals surface area (Å²) in [6, 6.07) is 14.1. The normalized spacial score (nSPS) is 11.3. The van der Waals surface area contributed by atoms with Crippen LogP contribution < -0.4 is 10.0 Å². The molecule has 0 amide bonds. The van der Waals surface area contributed by atoms with E-state index in [0.29, 0.717) is 17.3 Å². The number of aromatic nitrogens is 4. The molecule has 2 aromatic heterocycles. The molecule has 30 heavy (non-hydrogen) atoms. The Kier molecular flexibility index (Phi) is 5.11. The van der Waals surface area contributed by atoms with E-state index in [-0.39, 0.29) is 5.69 Å². The van der Waals surface area contributed by atoms with Gasteiger partial charge in [0.15, 0.2) is 16.5 Å². The minimum atomic E-state index is -4.42. The molecule has 0 spiro atoms. The molecule has 0 fully saturated rings. The second-order valence-electron chi connectivity index (χ2n) is 6.09. The fraction of sp³-hybridized carbons (Fsp3) is 0. The van der Waals surface area contributed by atoms with Gasteiger partial charge in [0.05, 0.1) is 0 Å². The van der Waals surface area contributed by atoms with Crippen molar-refractivity contribution in [3.05, 3.63) is 84.7 Å². The van der Waals surface area contributed by atoms with E-state index in [1.807, 2.05) is 0 Å². The monoisotopic (exact) mass is 428 g/mol. The zero-order chi connectivity index (χ0) is 21.1. The second kappa shape index (κ2) is 7.87. The van der Waals surface area contributed by atoms with Crippen LogP contribution in [0.15, 0.2) is 78.0 Å². The van der Waals surface area contributed by atoms with Crippen LogP contribution >= 0.6 is 0 Å². The molecule has 2 N–H and O–H groups in total. The molecule has 8 nitrogen and oxygen atoms in total. The number of hydrogen-bond donors (Lipinski definition) is 2. The number of nitrogens with zero attached hydrogens (tertiary/aromatic N) is 4. The van der Waals surface area contributed by atoms with Crippen LogP contribution in [0.3, 0.4) is 0 Å². The van der Waals surface area contributed by atoms with Gasteiger partial charge in [0.1, 0.15) is 11.6 Å². The lowest BCUT2D eigenvalue weighted by molar-refractivity contribution is 0.521. The summed E-state index contributed by atoms with van der Waals surface area (Å²) in [6.07, 6.45) is 3.37. The van der Waals surface area contributed by atoms with Gasteiger partial charge in [-0.1, -0.05) is 6.07 Å². The molecule has 0 saturated heterocycles. The first kappa shape index (κ1) is 19.5. The van der Waals surface area contributed by atoms with Crippen LogP contribution in [-0.2, 0) is 10.0 Å². The lowest BCUT2D eigenvalue weighted by Gasteiger charge is -2.11. The smallest absolute Gasteiger partial charge is 0.267 e. The molecule has 4 aromatic rings. The topological polar surface area (TPSA) is 102 Å². The Hall–Kier alpha value is -3.86. The molecule has 0 aliphatic carbocycles. The Morgan fingerprint density at radius 2 is 1.53 bits per heavy atom. The molecule has 0 atom stereocenters. The van der Waals surface area contributed by atoms with E-state index in [2.05, 4.69) is 25.3 Å². The Morgan fingerprint density at radius 1 is 0.833 bits per heavy atom. The zero-order valence-electron chi connectivity index (χ0n) is 15.2. The molecule has 0 unspecified atom stereocenters. The third-order valence-corrected chi connectivity index (χ3v) is 5.42. The van der Waals surface area contributed by atoms with E-state index in [4.69, 9.17) is 0 Å². The maximum absolute atomic E-state index is 13.8. The van der Waals surface area contributed by atoms with Gasteiger partial charge in [0.2, 0.25) is 0 Å². The Morgan fingerprint density at radius 3 is 2.13 bits per heavy atom. The predicted octanol–water partition coefficient (Wildman–Crippen LogP) is 3.48. The number of benzene rings is 2. The van der Waals surface area contributed by atoms with E-state index in [0.717, 1.165) is 18.2 Å². The third kappa shape index (κ3) is 4.10. The molecule has 2 aromatic carbocycles. The molecule has 0 saturated carbocycles. The van der Waals surface area contributed by atoms with Gasteiger partial charge in [-0.2, -0.15) is 5.10 Å². The summed E-state index contributed by atoms with van der Waals surface area (Å²) in [6.45, 7) is 0. The average molecular weight is 428 g/mol. The van der Waals surface area contributed by atoms with Crippen molar-refractivity contribution in [3.63, 3.8) is 0 Å². The Bertz CT molecular complexity index is 1240. The summed E-state index contributed by atoms with van der Waals surface area (Å²) in [4.78, 5) is -1.03. The molecular formula is C19H14F2N6O2S. The number of halogens is 2. The lowest BCUT2D eigenvalue weighted by atomic mass is 10.3. The highest BCUT2D eigenvalue weighted by atomic mass is 32.2. The summed E-state index contributed by atoms with van der Waals surface area (Å²) in [5.74, 6) is -1.32. The van der Waals surface area contributed by atoms with E-state index in [1.54, 1.807) is 47.4 Å². The van der Waals surface area contributed by atoms with Gasteiger partial charge in [0, 0.05) is 23.8 Å². The third-order valence-electron chi connectivity index (χ3n) is 3.99. The first-order valence-electron chi connectivity index (χ1n) is 8.60. The van der Waals surface area contributed by atoms with Gasteiger partial charge >= 0.3 is 0 Å². The van der Waals surface area contributed by atoms with E-state index in [1.165, 1.54) is 12.1 Å². The summed E-state index contributed by atoms with van der Waals surface area (Å²) < 4.78 is 55.9. The number of nitrogens with one attached hydrogen (secondary N) is 2. The second-order valence-corrected chi connectivity index (χ2v) is 7.71. The van der Waals surface area contributed by atoms with Crippen molar-refractivity contribution in [3.8, 4) is 5.82 Å². The van der Waals surface area contributed by atoms with Crippen LogP contribution in [0.4, 0.5) is 26.0 Å². The lowest BCUT2D eigenvalue weighted by Crippen LogP contribution is -2.16. The van der Waals surface area contributed by atoms with Crippen LogP contribution in [0.2, 0.25) is 0 Å². The minimum Gasteiger partial charge on any atom is -0.339 e. The van der Waals surface area contributed by atoms with Gasteiger partial charge < -0.3 is 5.32 Å². The van der Waals surface area contributed by atoms with E-state index < -0.39 is 26.6 Å². The van der Waals surface area contributed by atoms with Crippen molar-refractivity contribution in [1.29, 1.82) is 0 Å². The van der Waals surface area contributed by atoms with Crippen molar-refractivity contribution in [2.75, 3.05) is 10.0 Å². The van der Waals surface area contributed by atoms with Crippen LogP contribution in [0, 0.1) is 11.6 Å². The molecular weight excluding hydrogens is 414 g/mol. The fourth-order valence-electron chi connectivity index (χ4n) is 2.63. The van der Waals surface area contributed by atoms with Crippen molar-refractivity contribution < 1.29 is 17.2 Å².